The molecule has 1 aliphatic carbocycles. The molecule has 0 aliphatic heterocycles. The van der Waals surface area contributed by atoms with E-state index in [4.69, 9.17) is 4.74 Å². The van der Waals surface area contributed by atoms with E-state index in [0.29, 0.717) is 6.54 Å². The van der Waals surface area contributed by atoms with Gasteiger partial charge in [-0.1, -0.05) is 36.4 Å². The summed E-state index contributed by atoms with van der Waals surface area (Å²) in [6, 6.07) is 14.6. The second-order valence-corrected chi connectivity index (χ2v) is 7.96. The fourth-order valence-electron chi connectivity index (χ4n) is 3.80. The molecule has 0 unspecified atom stereocenters. The summed E-state index contributed by atoms with van der Waals surface area (Å²) in [6.45, 7) is 8.21. The number of hydrogen-bond acceptors (Lipinski definition) is 3. The lowest BCUT2D eigenvalue weighted by atomic mass is 9.94. The molecule has 3 rings (SSSR count). The van der Waals surface area contributed by atoms with Crippen molar-refractivity contribution in [3.05, 3.63) is 60.2 Å². The van der Waals surface area contributed by atoms with Crippen LogP contribution >= 0.6 is 0 Å². The number of amides is 1. The molecule has 0 heterocycles. The number of rotatable bonds is 7. The molecule has 154 valence electrons. The van der Waals surface area contributed by atoms with Gasteiger partial charge in [0.25, 0.3) is 0 Å². The second-order valence-electron chi connectivity index (χ2n) is 7.96. The first-order valence-corrected chi connectivity index (χ1v) is 10.4. The van der Waals surface area contributed by atoms with E-state index in [1.165, 1.54) is 12.5 Å². The molecule has 4 heteroatoms. The molecule has 1 saturated carbocycles. The molecular weight excluding hydrogens is 362 g/mol. The molecule has 1 aliphatic rings. The van der Waals surface area contributed by atoms with Crippen molar-refractivity contribution in [2.24, 2.45) is 0 Å². The van der Waals surface area contributed by atoms with Crippen LogP contribution in [0.5, 0.6) is 5.75 Å². The number of aliphatic hydroxyl groups excluding tert-OH is 1. The van der Waals surface area contributed by atoms with Crippen molar-refractivity contribution in [3.8, 4) is 16.9 Å². The van der Waals surface area contributed by atoms with Crippen molar-refractivity contribution in [1.29, 1.82) is 0 Å². The Morgan fingerprint density at radius 2 is 1.90 bits per heavy atom. The third-order valence-corrected chi connectivity index (χ3v) is 5.46. The van der Waals surface area contributed by atoms with Crippen molar-refractivity contribution in [2.75, 3.05) is 6.54 Å². The predicted molar refractivity (Wildman–Crippen MR) is 118 cm³/mol. The van der Waals surface area contributed by atoms with Gasteiger partial charge in [0.1, 0.15) is 5.75 Å². The van der Waals surface area contributed by atoms with Crippen molar-refractivity contribution < 1.29 is 14.6 Å². The largest absolute Gasteiger partial charge is 0.490 e. The van der Waals surface area contributed by atoms with Crippen molar-refractivity contribution in [2.45, 2.75) is 58.2 Å². The van der Waals surface area contributed by atoms with Crippen LogP contribution in [-0.2, 0) is 11.2 Å². The van der Waals surface area contributed by atoms with Gasteiger partial charge in [0.2, 0.25) is 5.91 Å². The lowest BCUT2D eigenvalue weighted by Gasteiger charge is -2.26. The van der Waals surface area contributed by atoms with Crippen molar-refractivity contribution in [3.63, 3.8) is 0 Å². The molecule has 29 heavy (non-hydrogen) atoms. The minimum absolute atomic E-state index is 0.0183. The summed E-state index contributed by atoms with van der Waals surface area (Å²) in [7, 11) is 0. The van der Waals surface area contributed by atoms with E-state index in [-0.39, 0.29) is 18.1 Å². The summed E-state index contributed by atoms with van der Waals surface area (Å²) < 4.78 is 6.24. The maximum atomic E-state index is 11.2. The molecule has 2 aromatic rings. The molecule has 1 fully saturated rings. The number of nitrogens with one attached hydrogen (secondary N) is 1. The number of carbonyl (C=O) groups excluding carboxylic acids is 1. The van der Waals surface area contributed by atoms with Crippen LogP contribution in [0.2, 0.25) is 0 Å². The van der Waals surface area contributed by atoms with Gasteiger partial charge in [-0.15, -0.1) is 0 Å². The molecule has 0 spiro atoms. The number of aliphatic hydroxyl groups is 1. The van der Waals surface area contributed by atoms with Crippen LogP contribution in [0.25, 0.3) is 16.7 Å². The Balaban J connectivity index is 1.87. The minimum Gasteiger partial charge on any atom is -0.490 e. The molecule has 0 aromatic heterocycles. The highest BCUT2D eigenvalue weighted by molar-refractivity contribution is 5.75. The van der Waals surface area contributed by atoms with E-state index < -0.39 is 0 Å². The van der Waals surface area contributed by atoms with Gasteiger partial charge in [-0.3, -0.25) is 4.79 Å². The monoisotopic (exact) mass is 393 g/mol. The number of ether oxygens (including phenoxy) is 1. The molecule has 0 radical (unpaired) electrons. The van der Waals surface area contributed by atoms with E-state index in [1.807, 2.05) is 19.1 Å². The summed E-state index contributed by atoms with van der Waals surface area (Å²) >= 11 is 0. The fourth-order valence-corrected chi connectivity index (χ4v) is 3.80. The molecule has 4 nitrogen and oxygen atoms in total. The Labute approximate surface area is 173 Å². The van der Waals surface area contributed by atoms with Crippen molar-refractivity contribution in [1.82, 2.24) is 5.32 Å². The fraction of sp³-hybridized carbons (Fsp3) is 0.400. The molecular formula is C25H31NO3. The van der Waals surface area contributed by atoms with E-state index >= 15 is 0 Å². The smallest absolute Gasteiger partial charge is 0.216 e. The van der Waals surface area contributed by atoms with Gasteiger partial charge in [-0.05, 0) is 79.5 Å². The first kappa shape index (κ1) is 21.1. The minimum atomic E-state index is -0.188. The highest BCUT2D eigenvalue weighted by Crippen LogP contribution is 2.32. The Morgan fingerprint density at radius 1 is 1.14 bits per heavy atom. The van der Waals surface area contributed by atoms with Crippen LogP contribution in [0.1, 0.15) is 50.7 Å². The van der Waals surface area contributed by atoms with Crippen LogP contribution < -0.4 is 10.1 Å². The maximum Gasteiger partial charge on any atom is 0.216 e. The van der Waals surface area contributed by atoms with Gasteiger partial charge in [-0.2, -0.15) is 0 Å². The average molecular weight is 394 g/mol. The van der Waals surface area contributed by atoms with Gasteiger partial charge in [-0.25, -0.2) is 0 Å². The molecule has 1 amide bonds. The van der Waals surface area contributed by atoms with Gasteiger partial charge in [0.05, 0.1) is 12.2 Å². The summed E-state index contributed by atoms with van der Waals surface area (Å²) in [5.74, 6) is 0.834. The first-order valence-electron chi connectivity index (χ1n) is 10.4. The van der Waals surface area contributed by atoms with Gasteiger partial charge >= 0.3 is 0 Å². The quantitative estimate of drug-likeness (QED) is 0.714. The topological polar surface area (TPSA) is 58.6 Å². The predicted octanol–water partition coefficient (Wildman–Crippen LogP) is 4.75. The van der Waals surface area contributed by atoms with Crippen LogP contribution in [0.4, 0.5) is 0 Å². The standard InChI is InChI=1S/C25H31NO3/c1-17(2)20-5-4-6-21(15-20)25-16-24(29-23-11-8-22(28)9-12-23)10-7-19(25)13-14-26-18(3)27/h4-7,10,15-16,22-23,28H,1,8-9,11-14H2,2-3H3,(H,26,27). The third kappa shape index (κ3) is 5.94. The summed E-state index contributed by atoms with van der Waals surface area (Å²) in [6.07, 6.45) is 4.07. The average Bonchev–Trinajstić information content (AvgIpc) is 2.70. The second kappa shape index (κ2) is 9.75. The molecule has 0 saturated heterocycles. The Morgan fingerprint density at radius 3 is 2.59 bits per heavy atom. The lowest BCUT2D eigenvalue weighted by molar-refractivity contribution is -0.118. The zero-order valence-corrected chi connectivity index (χ0v) is 17.4. The van der Waals surface area contributed by atoms with Gasteiger partial charge < -0.3 is 15.2 Å². The Kier molecular flexibility index (Phi) is 7.10. The maximum absolute atomic E-state index is 11.2. The normalized spacial score (nSPS) is 18.9. The van der Waals surface area contributed by atoms with Gasteiger partial charge in [0.15, 0.2) is 0 Å². The van der Waals surface area contributed by atoms with Crippen LogP contribution in [0.3, 0.4) is 0 Å². The molecule has 2 aromatic carbocycles. The Bertz CT molecular complexity index is 866. The van der Waals surface area contributed by atoms with E-state index in [2.05, 4.69) is 42.2 Å². The number of carbonyl (C=O) groups is 1. The van der Waals surface area contributed by atoms with Gasteiger partial charge in [0, 0.05) is 13.5 Å². The van der Waals surface area contributed by atoms with Crippen LogP contribution in [0.15, 0.2) is 49.0 Å². The Hall–Kier alpha value is -2.59. The molecule has 0 atom stereocenters. The number of hydrogen-bond donors (Lipinski definition) is 2. The van der Waals surface area contributed by atoms with Crippen molar-refractivity contribution >= 4 is 11.5 Å². The SMILES string of the molecule is C=C(C)c1cccc(-c2cc(OC3CCC(O)CC3)ccc2CCNC(C)=O)c1. The van der Waals surface area contributed by atoms with E-state index in [0.717, 1.165) is 60.1 Å². The summed E-state index contributed by atoms with van der Waals surface area (Å²) in [4.78, 5) is 11.2. The highest BCUT2D eigenvalue weighted by Gasteiger charge is 2.21. The number of benzene rings is 2. The third-order valence-electron chi connectivity index (χ3n) is 5.46. The highest BCUT2D eigenvalue weighted by atomic mass is 16.5. The van der Waals surface area contributed by atoms with E-state index in [1.54, 1.807) is 0 Å². The molecule has 2 N–H and O–H groups in total. The molecule has 0 bridgehead atoms. The van der Waals surface area contributed by atoms with Crippen LogP contribution in [-0.4, -0.2) is 29.8 Å². The summed E-state index contributed by atoms with van der Waals surface area (Å²) in [5, 5.41) is 12.6. The first-order chi connectivity index (χ1) is 13.9. The zero-order valence-electron chi connectivity index (χ0n) is 17.4. The summed E-state index contributed by atoms with van der Waals surface area (Å²) in [5.41, 5.74) is 5.55. The van der Waals surface area contributed by atoms with Crippen LogP contribution in [0, 0.1) is 0 Å². The zero-order chi connectivity index (χ0) is 20.8. The number of allylic oxidation sites excluding steroid dienone is 1. The van der Waals surface area contributed by atoms with E-state index in [9.17, 15) is 9.90 Å². The lowest BCUT2D eigenvalue weighted by Crippen LogP contribution is -2.26.